The third-order valence-corrected chi connectivity index (χ3v) is 4.21. The topological polar surface area (TPSA) is 43.8 Å². The number of carbonyl (C=O) groups is 1. The second kappa shape index (κ2) is 4.00. The highest BCUT2D eigenvalue weighted by molar-refractivity contribution is 5.77. The molecular weight excluding hydrogens is 204 g/mol. The average Bonchev–Trinajstić information content (AvgIpc) is 2.95. The van der Waals surface area contributed by atoms with Crippen LogP contribution in [0, 0.1) is 0 Å². The third-order valence-electron chi connectivity index (χ3n) is 4.21. The summed E-state index contributed by atoms with van der Waals surface area (Å²) in [6.07, 6.45) is 3.77. The lowest BCUT2D eigenvalue weighted by atomic mass is 10.0. The van der Waals surface area contributed by atoms with Crippen molar-refractivity contribution < 1.29 is 9.90 Å². The average molecular weight is 226 g/mol. The van der Waals surface area contributed by atoms with E-state index in [0.717, 1.165) is 25.6 Å². The van der Waals surface area contributed by atoms with Gasteiger partial charge in [-0.15, -0.1) is 0 Å². The minimum atomic E-state index is -0.760. The van der Waals surface area contributed by atoms with Gasteiger partial charge in [0.2, 0.25) is 0 Å². The molecule has 0 amide bonds. The van der Waals surface area contributed by atoms with Crippen molar-refractivity contribution in [1.29, 1.82) is 0 Å². The van der Waals surface area contributed by atoms with E-state index < -0.39 is 11.5 Å². The van der Waals surface area contributed by atoms with Crippen LogP contribution < -0.4 is 0 Å². The van der Waals surface area contributed by atoms with Crippen LogP contribution in [0.5, 0.6) is 0 Å². The molecule has 1 N–H and O–H groups in total. The molecule has 2 fully saturated rings. The van der Waals surface area contributed by atoms with Gasteiger partial charge in [0.05, 0.1) is 0 Å². The van der Waals surface area contributed by atoms with Gasteiger partial charge < -0.3 is 5.11 Å². The van der Waals surface area contributed by atoms with Gasteiger partial charge >= 0.3 is 5.97 Å². The zero-order chi connectivity index (χ0) is 11.9. The zero-order valence-corrected chi connectivity index (χ0v) is 10.4. The number of hydrogen-bond acceptors (Lipinski definition) is 3. The van der Waals surface area contributed by atoms with Gasteiger partial charge in [0, 0.05) is 25.2 Å². The molecule has 0 aromatic carbocycles. The van der Waals surface area contributed by atoms with Gasteiger partial charge in [-0.25, -0.2) is 0 Å². The Morgan fingerprint density at radius 1 is 1.38 bits per heavy atom. The number of likely N-dealkylation sites (tertiary alicyclic amines) is 1. The van der Waals surface area contributed by atoms with E-state index in [4.69, 9.17) is 0 Å². The number of likely N-dealkylation sites (N-methyl/N-ethyl adjacent to an activating group) is 1. The Morgan fingerprint density at radius 3 is 2.50 bits per heavy atom. The molecule has 1 aliphatic carbocycles. The summed E-state index contributed by atoms with van der Waals surface area (Å²) in [5.74, 6) is -0.736. The van der Waals surface area contributed by atoms with E-state index in [2.05, 4.69) is 4.90 Å². The summed E-state index contributed by atoms with van der Waals surface area (Å²) in [6.45, 7) is 5.75. The van der Waals surface area contributed by atoms with Crippen molar-refractivity contribution in [2.24, 2.45) is 0 Å². The number of aliphatic carboxylic acids is 1. The van der Waals surface area contributed by atoms with Crippen molar-refractivity contribution in [2.45, 2.75) is 50.7 Å². The van der Waals surface area contributed by atoms with E-state index in [1.807, 2.05) is 11.9 Å². The maximum Gasteiger partial charge on any atom is 0.323 e. The molecule has 92 valence electrons. The number of rotatable bonds is 4. The SMILES string of the molecule is CN(C1CCN(C2CC2)C1)C(C)(C)C(=O)O. The lowest BCUT2D eigenvalue weighted by Crippen LogP contribution is -2.53. The Bertz CT molecular complexity index is 287. The van der Waals surface area contributed by atoms with Crippen LogP contribution in [0.15, 0.2) is 0 Å². The minimum Gasteiger partial charge on any atom is -0.480 e. The Hall–Kier alpha value is -0.610. The summed E-state index contributed by atoms with van der Waals surface area (Å²) in [6, 6.07) is 1.19. The molecule has 1 aliphatic heterocycles. The molecular formula is C12H22N2O2. The number of nitrogens with zero attached hydrogens (tertiary/aromatic N) is 2. The van der Waals surface area contributed by atoms with Crippen molar-refractivity contribution in [2.75, 3.05) is 20.1 Å². The smallest absolute Gasteiger partial charge is 0.323 e. The van der Waals surface area contributed by atoms with Gasteiger partial charge in [-0.1, -0.05) is 0 Å². The highest BCUT2D eigenvalue weighted by Gasteiger charge is 2.41. The summed E-state index contributed by atoms with van der Waals surface area (Å²) in [5, 5.41) is 9.20. The lowest BCUT2D eigenvalue weighted by Gasteiger charge is -2.36. The molecule has 0 spiro atoms. The first kappa shape index (κ1) is 11.9. The maximum atomic E-state index is 11.2. The van der Waals surface area contributed by atoms with Gasteiger partial charge in [-0.2, -0.15) is 0 Å². The summed E-state index contributed by atoms with van der Waals surface area (Å²) in [5.41, 5.74) is -0.760. The highest BCUT2D eigenvalue weighted by Crippen LogP contribution is 2.32. The second-order valence-electron chi connectivity index (χ2n) is 5.64. The Balaban J connectivity index is 1.95. The summed E-state index contributed by atoms with van der Waals surface area (Å²) in [7, 11) is 1.94. The number of carboxylic acid groups (broad SMARTS) is 1. The van der Waals surface area contributed by atoms with Gasteiger partial charge in [0.25, 0.3) is 0 Å². The van der Waals surface area contributed by atoms with Gasteiger partial charge in [0.15, 0.2) is 0 Å². The molecule has 16 heavy (non-hydrogen) atoms. The molecule has 0 aromatic rings. The van der Waals surface area contributed by atoms with E-state index in [1.54, 1.807) is 13.8 Å². The van der Waals surface area contributed by atoms with Gasteiger partial charge in [-0.3, -0.25) is 14.6 Å². The van der Waals surface area contributed by atoms with Crippen molar-refractivity contribution in [3.8, 4) is 0 Å². The Morgan fingerprint density at radius 2 is 2.00 bits per heavy atom. The minimum absolute atomic E-state index is 0.395. The Labute approximate surface area is 97.2 Å². The molecule has 4 nitrogen and oxygen atoms in total. The monoisotopic (exact) mass is 226 g/mol. The number of carboxylic acids is 1. The molecule has 0 radical (unpaired) electrons. The van der Waals surface area contributed by atoms with Crippen LogP contribution in [0.3, 0.4) is 0 Å². The van der Waals surface area contributed by atoms with Gasteiger partial charge in [0.1, 0.15) is 5.54 Å². The van der Waals surface area contributed by atoms with Crippen molar-refractivity contribution in [3.63, 3.8) is 0 Å². The molecule has 1 unspecified atom stereocenters. The maximum absolute atomic E-state index is 11.2. The quantitative estimate of drug-likeness (QED) is 0.777. The lowest BCUT2D eigenvalue weighted by molar-refractivity contribution is -0.149. The van der Waals surface area contributed by atoms with Crippen LogP contribution >= 0.6 is 0 Å². The molecule has 0 bridgehead atoms. The molecule has 2 aliphatic rings. The first-order valence-corrected chi connectivity index (χ1v) is 6.13. The molecule has 0 aromatic heterocycles. The first-order chi connectivity index (χ1) is 7.43. The molecule has 1 saturated carbocycles. The van der Waals surface area contributed by atoms with Crippen LogP contribution in [0.2, 0.25) is 0 Å². The van der Waals surface area contributed by atoms with Gasteiger partial charge in [-0.05, 0) is 40.2 Å². The standard InChI is InChI=1S/C12H22N2O2/c1-12(2,11(15)16)13(3)10-6-7-14(8-10)9-4-5-9/h9-10H,4-8H2,1-3H3,(H,15,16). The fourth-order valence-electron chi connectivity index (χ4n) is 2.46. The summed E-state index contributed by atoms with van der Waals surface area (Å²) < 4.78 is 0. The predicted molar refractivity (Wildman–Crippen MR) is 62.5 cm³/mol. The van der Waals surface area contributed by atoms with Crippen LogP contribution in [-0.4, -0.2) is 58.6 Å². The van der Waals surface area contributed by atoms with Crippen LogP contribution in [-0.2, 0) is 4.79 Å². The van der Waals surface area contributed by atoms with Crippen LogP contribution in [0.1, 0.15) is 33.1 Å². The zero-order valence-electron chi connectivity index (χ0n) is 10.4. The molecule has 4 heteroatoms. The van der Waals surface area contributed by atoms with Crippen molar-refractivity contribution >= 4 is 5.97 Å². The highest BCUT2D eigenvalue weighted by atomic mass is 16.4. The fourth-order valence-corrected chi connectivity index (χ4v) is 2.46. The third kappa shape index (κ3) is 2.09. The van der Waals surface area contributed by atoms with Crippen molar-refractivity contribution in [1.82, 2.24) is 9.80 Å². The largest absolute Gasteiger partial charge is 0.480 e. The fraction of sp³-hybridized carbons (Fsp3) is 0.917. The normalized spacial score (nSPS) is 27.6. The van der Waals surface area contributed by atoms with Crippen molar-refractivity contribution in [3.05, 3.63) is 0 Å². The molecule has 1 heterocycles. The second-order valence-corrected chi connectivity index (χ2v) is 5.64. The number of hydrogen-bond donors (Lipinski definition) is 1. The predicted octanol–water partition coefficient (Wildman–Crippen LogP) is 1.02. The molecule has 1 atom stereocenters. The van der Waals surface area contributed by atoms with E-state index in [-0.39, 0.29) is 0 Å². The Kier molecular flexibility index (Phi) is 2.97. The van der Waals surface area contributed by atoms with E-state index in [9.17, 15) is 9.90 Å². The van der Waals surface area contributed by atoms with E-state index in [0.29, 0.717) is 6.04 Å². The van der Waals surface area contributed by atoms with E-state index >= 15 is 0 Å². The van der Waals surface area contributed by atoms with Crippen LogP contribution in [0.25, 0.3) is 0 Å². The summed E-state index contributed by atoms with van der Waals surface area (Å²) in [4.78, 5) is 15.7. The molecule has 1 saturated heterocycles. The van der Waals surface area contributed by atoms with E-state index in [1.165, 1.54) is 12.8 Å². The molecule has 2 rings (SSSR count). The first-order valence-electron chi connectivity index (χ1n) is 6.13. The summed E-state index contributed by atoms with van der Waals surface area (Å²) >= 11 is 0. The van der Waals surface area contributed by atoms with Crippen LogP contribution in [0.4, 0.5) is 0 Å².